The fourth-order valence-electron chi connectivity index (χ4n) is 2.63. The van der Waals surface area contributed by atoms with Crippen LogP contribution in [-0.4, -0.2) is 27.3 Å². The van der Waals surface area contributed by atoms with Crippen molar-refractivity contribution < 1.29 is 22.7 Å². The Bertz CT molecular complexity index is 1190. The van der Waals surface area contributed by atoms with E-state index in [9.17, 15) is 18.0 Å². The monoisotopic (exact) mass is 425 g/mol. The molecule has 8 nitrogen and oxygen atoms in total. The predicted octanol–water partition coefficient (Wildman–Crippen LogP) is 2.85. The van der Waals surface area contributed by atoms with E-state index in [0.29, 0.717) is 28.3 Å². The van der Waals surface area contributed by atoms with Gasteiger partial charge in [-0.25, -0.2) is 13.6 Å². The Morgan fingerprint density at radius 2 is 1.43 bits per heavy atom. The van der Waals surface area contributed by atoms with Crippen molar-refractivity contribution >= 4 is 33.2 Å². The third-order valence-corrected chi connectivity index (χ3v) is 5.07. The molecule has 0 unspecified atom stereocenters. The van der Waals surface area contributed by atoms with E-state index in [4.69, 9.17) is 9.88 Å². The number of carbonyl (C=O) groups excluding carboxylic acids is 2. The van der Waals surface area contributed by atoms with Gasteiger partial charge in [0.15, 0.2) is 0 Å². The Hall–Kier alpha value is -3.69. The molecule has 3 aromatic carbocycles. The molecule has 4 N–H and O–H groups in total. The number of carbonyl (C=O) groups is 2. The van der Waals surface area contributed by atoms with Gasteiger partial charge in [-0.15, -0.1) is 0 Å². The van der Waals surface area contributed by atoms with E-state index < -0.39 is 15.9 Å². The van der Waals surface area contributed by atoms with E-state index >= 15 is 0 Å². The van der Waals surface area contributed by atoms with Gasteiger partial charge in [-0.2, -0.15) is 0 Å². The first-order chi connectivity index (χ1) is 14.3. The van der Waals surface area contributed by atoms with Crippen molar-refractivity contribution in [1.82, 2.24) is 0 Å². The minimum atomic E-state index is -3.87. The number of anilines is 2. The second kappa shape index (κ2) is 8.76. The molecule has 30 heavy (non-hydrogen) atoms. The Labute approximate surface area is 173 Å². The zero-order chi connectivity index (χ0) is 21.7. The minimum absolute atomic E-state index is 0.101. The van der Waals surface area contributed by atoms with Crippen LogP contribution in [0, 0.1) is 0 Å². The van der Waals surface area contributed by atoms with Gasteiger partial charge in [0.2, 0.25) is 10.0 Å². The summed E-state index contributed by atoms with van der Waals surface area (Å²) in [5.41, 5.74) is 1.57. The summed E-state index contributed by atoms with van der Waals surface area (Å²) >= 11 is 0. The lowest BCUT2D eigenvalue weighted by atomic mass is 10.1. The van der Waals surface area contributed by atoms with Crippen LogP contribution in [0.4, 0.5) is 11.4 Å². The quantitative estimate of drug-likeness (QED) is 0.560. The molecule has 0 bridgehead atoms. The number of hydrogen-bond donors (Lipinski definition) is 3. The molecule has 0 aliphatic heterocycles. The van der Waals surface area contributed by atoms with Crippen LogP contribution in [0.2, 0.25) is 0 Å². The summed E-state index contributed by atoms with van der Waals surface area (Å²) in [6.07, 6.45) is 0. The summed E-state index contributed by atoms with van der Waals surface area (Å²) in [4.78, 5) is 24.7. The van der Waals surface area contributed by atoms with Crippen LogP contribution in [0.25, 0.3) is 0 Å². The van der Waals surface area contributed by atoms with Crippen molar-refractivity contribution in [3.8, 4) is 5.75 Å². The Morgan fingerprint density at radius 1 is 0.800 bits per heavy atom. The van der Waals surface area contributed by atoms with Crippen molar-refractivity contribution in [3.63, 3.8) is 0 Å². The van der Waals surface area contributed by atoms with Crippen molar-refractivity contribution in [1.29, 1.82) is 0 Å². The van der Waals surface area contributed by atoms with Crippen molar-refractivity contribution in [2.24, 2.45) is 5.14 Å². The first-order valence-electron chi connectivity index (χ1n) is 8.76. The number of sulfonamides is 1. The van der Waals surface area contributed by atoms with Crippen LogP contribution in [0.3, 0.4) is 0 Å². The van der Waals surface area contributed by atoms with Crippen LogP contribution in [0.5, 0.6) is 5.75 Å². The number of amides is 2. The molecule has 0 aliphatic rings. The molecule has 0 heterocycles. The summed E-state index contributed by atoms with van der Waals surface area (Å²) in [5, 5.41) is 10.5. The Morgan fingerprint density at radius 3 is 2.10 bits per heavy atom. The van der Waals surface area contributed by atoms with Gasteiger partial charge in [-0.05, 0) is 60.7 Å². The number of rotatable bonds is 6. The normalized spacial score (nSPS) is 10.9. The van der Waals surface area contributed by atoms with Gasteiger partial charge < -0.3 is 15.4 Å². The minimum Gasteiger partial charge on any atom is -0.497 e. The van der Waals surface area contributed by atoms with Crippen molar-refractivity contribution in [2.75, 3.05) is 17.7 Å². The van der Waals surface area contributed by atoms with Crippen molar-refractivity contribution in [2.45, 2.75) is 4.90 Å². The first kappa shape index (κ1) is 21.0. The van der Waals surface area contributed by atoms with Gasteiger partial charge in [-0.1, -0.05) is 12.1 Å². The highest BCUT2D eigenvalue weighted by atomic mass is 32.2. The van der Waals surface area contributed by atoms with Crippen LogP contribution < -0.4 is 20.5 Å². The summed E-state index contributed by atoms with van der Waals surface area (Å²) < 4.78 is 28.0. The molecule has 2 amide bonds. The number of hydrogen-bond acceptors (Lipinski definition) is 5. The molecule has 0 saturated carbocycles. The lowest BCUT2D eigenvalue weighted by Crippen LogP contribution is -2.15. The second-order valence-electron chi connectivity index (χ2n) is 6.29. The standard InChI is InChI=1S/C21H19N3O5S/c1-29-18-6-2-4-15(12-18)21(26)23-16-10-8-14(9-11-16)20(25)24-17-5-3-7-19(13-17)30(22,27)28/h2-13H,1H3,(H,23,26)(H,24,25)(H2,22,27,28). The molecule has 3 rings (SSSR count). The molecule has 154 valence electrons. The van der Waals surface area contributed by atoms with E-state index in [0.717, 1.165) is 0 Å². The van der Waals surface area contributed by atoms with E-state index in [1.807, 2.05) is 0 Å². The molecule has 0 radical (unpaired) electrons. The third-order valence-electron chi connectivity index (χ3n) is 4.16. The first-order valence-corrected chi connectivity index (χ1v) is 10.3. The molecule has 0 spiro atoms. The summed E-state index contributed by atoms with van der Waals surface area (Å²) in [6, 6.07) is 18.6. The highest BCUT2D eigenvalue weighted by Crippen LogP contribution is 2.18. The predicted molar refractivity (Wildman–Crippen MR) is 113 cm³/mol. The maximum atomic E-state index is 12.4. The van der Waals surface area contributed by atoms with E-state index in [2.05, 4.69) is 10.6 Å². The molecule has 3 aromatic rings. The average Bonchev–Trinajstić information content (AvgIpc) is 2.74. The number of ether oxygens (including phenoxy) is 1. The topological polar surface area (TPSA) is 128 Å². The van der Waals surface area contributed by atoms with Crippen LogP contribution in [0.1, 0.15) is 20.7 Å². The fraction of sp³-hybridized carbons (Fsp3) is 0.0476. The van der Waals surface area contributed by atoms with Gasteiger partial charge in [-0.3, -0.25) is 9.59 Å². The number of primary sulfonamides is 1. The van der Waals surface area contributed by atoms with Gasteiger partial charge in [0.1, 0.15) is 5.75 Å². The highest BCUT2D eigenvalue weighted by Gasteiger charge is 2.12. The molecule has 0 fully saturated rings. The number of benzene rings is 3. The third kappa shape index (κ3) is 5.22. The molecule has 0 atom stereocenters. The summed E-state index contributed by atoms with van der Waals surface area (Å²) in [7, 11) is -2.35. The largest absolute Gasteiger partial charge is 0.497 e. The van der Waals surface area contributed by atoms with E-state index in [1.165, 1.54) is 25.3 Å². The zero-order valence-electron chi connectivity index (χ0n) is 16.0. The highest BCUT2D eigenvalue weighted by molar-refractivity contribution is 7.89. The van der Waals surface area contributed by atoms with Crippen molar-refractivity contribution in [3.05, 3.63) is 83.9 Å². The van der Waals surface area contributed by atoms with E-state index in [1.54, 1.807) is 54.6 Å². The lowest BCUT2D eigenvalue weighted by Gasteiger charge is -2.09. The zero-order valence-corrected chi connectivity index (χ0v) is 16.8. The molecule has 0 aliphatic carbocycles. The van der Waals surface area contributed by atoms with Gasteiger partial charge in [0, 0.05) is 22.5 Å². The Balaban J connectivity index is 1.68. The molecule has 9 heteroatoms. The SMILES string of the molecule is COc1cccc(C(=O)Nc2ccc(C(=O)Nc3cccc(S(N)(=O)=O)c3)cc2)c1. The van der Waals surface area contributed by atoms with Crippen LogP contribution in [-0.2, 0) is 10.0 Å². The average molecular weight is 425 g/mol. The second-order valence-corrected chi connectivity index (χ2v) is 7.85. The van der Waals surface area contributed by atoms with Crippen LogP contribution >= 0.6 is 0 Å². The van der Waals surface area contributed by atoms with Gasteiger partial charge >= 0.3 is 0 Å². The number of nitrogens with one attached hydrogen (secondary N) is 2. The smallest absolute Gasteiger partial charge is 0.255 e. The fourth-order valence-corrected chi connectivity index (χ4v) is 3.19. The molecular formula is C21H19N3O5S. The molecule has 0 saturated heterocycles. The molecule has 0 aromatic heterocycles. The van der Waals surface area contributed by atoms with Gasteiger partial charge in [0.25, 0.3) is 11.8 Å². The summed E-state index contributed by atoms with van der Waals surface area (Å²) in [5.74, 6) is -0.181. The van der Waals surface area contributed by atoms with Crippen LogP contribution in [0.15, 0.2) is 77.7 Å². The Kier molecular flexibility index (Phi) is 6.14. The maximum absolute atomic E-state index is 12.4. The van der Waals surface area contributed by atoms with Gasteiger partial charge in [0.05, 0.1) is 12.0 Å². The number of nitrogens with two attached hydrogens (primary N) is 1. The maximum Gasteiger partial charge on any atom is 0.255 e. The lowest BCUT2D eigenvalue weighted by molar-refractivity contribution is 0.101. The molecular weight excluding hydrogens is 406 g/mol. The number of methoxy groups -OCH3 is 1. The summed E-state index contributed by atoms with van der Waals surface area (Å²) in [6.45, 7) is 0. The van der Waals surface area contributed by atoms with E-state index in [-0.39, 0.29) is 10.8 Å².